The molecule has 2 bridgehead atoms. The van der Waals surface area contributed by atoms with Crippen molar-refractivity contribution in [3.05, 3.63) is 12.7 Å². The summed E-state index contributed by atoms with van der Waals surface area (Å²) in [6.07, 6.45) is 4.85. The van der Waals surface area contributed by atoms with Crippen LogP contribution in [-0.2, 0) is 9.53 Å². The van der Waals surface area contributed by atoms with Crippen LogP contribution in [0.2, 0.25) is 0 Å². The van der Waals surface area contributed by atoms with Crippen LogP contribution in [0.3, 0.4) is 0 Å². The number of hydrogen-bond donors (Lipinski definition) is 0. The molecule has 2 aliphatic rings. The van der Waals surface area contributed by atoms with Crippen LogP contribution in [0.1, 0.15) is 40.0 Å². The minimum Gasteiger partial charge on any atom is -0.459 e. The molecule has 2 saturated carbocycles. The van der Waals surface area contributed by atoms with E-state index in [0.717, 1.165) is 6.42 Å². The summed E-state index contributed by atoms with van der Waals surface area (Å²) < 4.78 is 5.48. The lowest BCUT2D eigenvalue weighted by atomic mass is 9.70. The Balaban J connectivity index is 2.19. The highest BCUT2D eigenvalue weighted by Crippen LogP contribution is 2.66. The van der Waals surface area contributed by atoms with Gasteiger partial charge in [0.1, 0.15) is 6.10 Å². The fourth-order valence-corrected chi connectivity index (χ4v) is 3.50. The van der Waals surface area contributed by atoms with E-state index in [-0.39, 0.29) is 17.5 Å². The summed E-state index contributed by atoms with van der Waals surface area (Å²) in [5.41, 5.74) is 0.468. The van der Waals surface area contributed by atoms with E-state index in [0.29, 0.717) is 11.3 Å². The van der Waals surface area contributed by atoms with Crippen LogP contribution in [-0.4, -0.2) is 12.1 Å². The second kappa shape index (κ2) is 3.10. The van der Waals surface area contributed by atoms with Gasteiger partial charge in [-0.05, 0) is 30.6 Å². The third-order valence-corrected chi connectivity index (χ3v) is 5.14. The second-order valence-electron chi connectivity index (χ2n) is 5.74. The number of rotatable bonds is 2. The molecular formula is C13H20O2. The van der Waals surface area contributed by atoms with Crippen molar-refractivity contribution in [3.63, 3.8) is 0 Å². The molecule has 0 N–H and O–H groups in total. The first-order valence-electron chi connectivity index (χ1n) is 5.75. The van der Waals surface area contributed by atoms with Crippen molar-refractivity contribution < 1.29 is 9.53 Å². The molecule has 2 unspecified atom stereocenters. The van der Waals surface area contributed by atoms with E-state index in [4.69, 9.17) is 4.74 Å². The van der Waals surface area contributed by atoms with Crippen LogP contribution in [0.4, 0.5) is 0 Å². The average molecular weight is 208 g/mol. The Kier molecular flexibility index (Phi) is 2.21. The number of carbonyl (C=O) groups is 1. The summed E-state index contributed by atoms with van der Waals surface area (Å²) >= 11 is 0. The quantitative estimate of drug-likeness (QED) is 0.515. The smallest absolute Gasteiger partial charge is 0.330 e. The van der Waals surface area contributed by atoms with E-state index >= 15 is 0 Å². The van der Waals surface area contributed by atoms with Gasteiger partial charge in [-0.2, -0.15) is 0 Å². The fourth-order valence-electron chi connectivity index (χ4n) is 3.50. The molecule has 3 atom stereocenters. The summed E-state index contributed by atoms with van der Waals surface area (Å²) in [6.45, 7) is 10.3. The topological polar surface area (TPSA) is 26.3 Å². The number of esters is 1. The Bertz CT molecular complexity index is 306. The third-order valence-electron chi connectivity index (χ3n) is 5.14. The monoisotopic (exact) mass is 208 g/mol. The number of fused-ring (bicyclic) bond motifs is 2. The number of ether oxygens (including phenoxy) is 1. The van der Waals surface area contributed by atoms with Gasteiger partial charge in [-0.25, -0.2) is 4.79 Å². The van der Waals surface area contributed by atoms with Gasteiger partial charge in [0.05, 0.1) is 0 Å². The first-order valence-corrected chi connectivity index (χ1v) is 5.75. The van der Waals surface area contributed by atoms with Gasteiger partial charge < -0.3 is 4.74 Å². The molecule has 2 rings (SSSR count). The molecule has 2 fully saturated rings. The Morgan fingerprint density at radius 3 is 2.53 bits per heavy atom. The van der Waals surface area contributed by atoms with E-state index < -0.39 is 0 Å². The molecule has 84 valence electrons. The van der Waals surface area contributed by atoms with Crippen LogP contribution in [0, 0.1) is 16.7 Å². The highest BCUT2D eigenvalue weighted by atomic mass is 16.5. The first-order chi connectivity index (χ1) is 6.91. The minimum atomic E-state index is -0.274. The van der Waals surface area contributed by atoms with E-state index in [2.05, 4.69) is 27.4 Å². The maximum absolute atomic E-state index is 11.3. The number of hydrogen-bond acceptors (Lipinski definition) is 2. The fraction of sp³-hybridized carbons (Fsp3) is 0.769. The predicted molar refractivity (Wildman–Crippen MR) is 59.3 cm³/mol. The zero-order valence-electron chi connectivity index (χ0n) is 9.88. The van der Waals surface area contributed by atoms with E-state index in [1.165, 1.54) is 18.9 Å². The summed E-state index contributed by atoms with van der Waals surface area (Å²) in [5.74, 6) is 0.440. The molecular weight excluding hydrogens is 188 g/mol. The molecule has 2 heteroatoms. The standard InChI is InChI=1S/C13H20O2/c1-5-11(14)15-10-8-9-6-7-13(10,4)12(9,2)3/h5,9-10H,1,6-8H2,2-4H3/t9?,10-,13?/m0/s1. The molecule has 0 radical (unpaired) electrons. The van der Waals surface area contributed by atoms with Crippen molar-refractivity contribution >= 4 is 5.97 Å². The molecule has 15 heavy (non-hydrogen) atoms. The van der Waals surface area contributed by atoms with Gasteiger partial charge >= 0.3 is 5.97 Å². The highest BCUT2D eigenvalue weighted by Gasteiger charge is 2.62. The zero-order valence-corrected chi connectivity index (χ0v) is 9.88. The van der Waals surface area contributed by atoms with Crippen molar-refractivity contribution in [1.29, 1.82) is 0 Å². The van der Waals surface area contributed by atoms with Gasteiger partial charge in [-0.3, -0.25) is 0 Å². The number of carbonyl (C=O) groups excluding carboxylic acids is 1. The van der Waals surface area contributed by atoms with E-state index in [1.807, 2.05) is 0 Å². The second-order valence-corrected chi connectivity index (χ2v) is 5.74. The molecule has 0 saturated heterocycles. The van der Waals surface area contributed by atoms with Gasteiger partial charge in [0.15, 0.2) is 0 Å². The third kappa shape index (κ3) is 1.27. The van der Waals surface area contributed by atoms with Gasteiger partial charge in [-0.1, -0.05) is 27.4 Å². The lowest BCUT2D eigenvalue weighted by Gasteiger charge is -2.38. The van der Waals surface area contributed by atoms with Gasteiger partial charge in [0.2, 0.25) is 0 Å². The molecule has 0 amide bonds. The molecule has 0 aromatic heterocycles. The van der Waals surface area contributed by atoms with Crippen LogP contribution < -0.4 is 0 Å². The molecule has 2 nitrogen and oxygen atoms in total. The average Bonchev–Trinajstić information content (AvgIpc) is 2.50. The van der Waals surface area contributed by atoms with Crippen LogP contribution >= 0.6 is 0 Å². The van der Waals surface area contributed by atoms with Gasteiger partial charge in [0.25, 0.3) is 0 Å². The molecule has 2 aliphatic carbocycles. The predicted octanol–water partition coefficient (Wildman–Crippen LogP) is 2.93. The van der Waals surface area contributed by atoms with E-state index in [1.54, 1.807) is 0 Å². The maximum atomic E-state index is 11.3. The first kappa shape index (κ1) is 10.7. The summed E-state index contributed by atoms with van der Waals surface area (Å²) in [4.78, 5) is 11.3. The Hall–Kier alpha value is -0.790. The molecule has 0 aliphatic heterocycles. The lowest BCUT2D eigenvalue weighted by molar-refractivity contribution is -0.150. The Morgan fingerprint density at radius 2 is 2.13 bits per heavy atom. The van der Waals surface area contributed by atoms with Crippen LogP contribution in [0.5, 0.6) is 0 Å². The van der Waals surface area contributed by atoms with E-state index in [9.17, 15) is 4.79 Å². The molecule has 0 aromatic rings. The zero-order chi connectivity index (χ0) is 11.3. The maximum Gasteiger partial charge on any atom is 0.330 e. The van der Waals surface area contributed by atoms with Crippen molar-refractivity contribution in [3.8, 4) is 0 Å². The summed E-state index contributed by atoms with van der Waals surface area (Å²) in [7, 11) is 0. The largest absolute Gasteiger partial charge is 0.459 e. The molecule has 0 heterocycles. The molecule has 0 aromatic carbocycles. The highest BCUT2D eigenvalue weighted by molar-refractivity contribution is 5.81. The molecule has 0 spiro atoms. The van der Waals surface area contributed by atoms with Crippen molar-refractivity contribution in [2.45, 2.75) is 46.1 Å². The normalized spacial score (nSPS) is 41.5. The SMILES string of the molecule is C=CC(=O)O[C@H]1CC2CCC1(C)C2(C)C. The van der Waals surface area contributed by atoms with Gasteiger partial charge in [0, 0.05) is 11.5 Å². The Morgan fingerprint density at radius 1 is 1.47 bits per heavy atom. The van der Waals surface area contributed by atoms with Gasteiger partial charge in [-0.15, -0.1) is 0 Å². The van der Waals surface area contributed by atoms with Crippen molar-refractivity contribution in [1.82, 2.24) is 0 Å². The summed E-state index contributed by atoms with van der Waals surface area (Å²) in [5, 5.41) is 0. The van der Waals surface area contributed by atoms with Crippen molar-refractivity contribution in [2.24, 2.45) is 16.7 Å². The van der Waals surface area contributed by atoms with Crippen LogP contribution in [0.15, 0.2) is 12.7 Å². The van der Waals surface area contributed by atoms with Crippen molar-refractivity contribution in [2.75, 3.05) is 0 Å². The Labute approximate surface area is 91.7 Å². The summed E-state index contributed by atoms with van der Waals surface area (Å²) in [6, 6.07) is 0. The minimum absolute atomic E-state index is 0.0942. The lowest BCUT2D eigenvalue weighted by Crippen LogP contribution is -2.38. The van der Waals surface area contributed by atoms with Crippen LogP contribution in [0.25, 0.3) is 0 Å².